The average Bonchev–Trinajstić information content (AvgIpc) is 3.01. The standard InChI is InChI=1S/C21H21NO4Se/c23-18-13-16(26-21(25)14-7-3-1-4-8-14)19-20(24)17(11-12-22(18)19)27-15-9-5-2-6-10-15/h1-10,16-17,19-20,24H,11-13H2/t16-,17+,19-,20-/m1/s1. The molecule has 0 saturated carbocycles. The number of hydrogen-bond donors (Lipinski definition) is 1. The van der Waals surface area contributed by atoms with Gasteiger partial charge in [-0.1, -0.05) is 0 Å². The van der Waals surface area contributed by atoms with Crippen molar-refractivity contribution in [2.75, 3.05) is 6.54 Å². The zero-order valence-corrected chi connectivity index (χ0v) is 16.4. The summed E-state index contributed by atoms with van der Waals surface area (Å²) in [4.78, 5) is 26.6. The van der Waals surface area contributed by atoms with Crippen molar-refractivity contribution in [1.82, 2.24) is 4.90 Å². The van der Waals surface area contributed by atoms with E-state index in [0.717, 1.165) is 6.42 Å². The van der Waals surface area contributed by atoms with E-state index in [1.54, 1.807) is 29.2 Å². The molecule has 2 aromatic carbocycles. The van der Waals surface area contributed by atoms with Crippen molar-refractivity contribution < 1.29 is 19.4 Å². The summed E-state index contributed by atoms with van der Waals surface area (Å²) in [6, 6.07) is 18.4. The second-order valence-electron chi connectivity index (χ2n) is 6.84. The first kappa shape index (κ1) is 18.2. The first-order chi connectivity index (χ1) is 13.1. The number of aliphatic hydroxyl groups is 1. The number of piperidine rings is 1. The molecule has 0 aliphatic carbocycles. The van der Waals surface area contributed by atoms with Crippen molar-refractivity contribution >= 4 is 31.3 Å². The first-order valence-corrected chi connectivity index (χ1v) is 10.9. The zero-order chi connectivity index (χ0) is 18.8. The molecule has 1 amide bonds. The number of rotatable bonds is 4. The molecular formula is C21H21NO4Se. The van der Waals surface area contributed by atoms with Crippen LogP contribution in [-0.4, -0.2) is 61.6 Å². The third-order valence-corrected chi connectivity index (χ3v) is 7.98. The van der Waals surface area contributed by atoms with Crippen LogP contribution in [0.5, 0.6) is 0 Å². The monoisotopic (exact) mass is 431 g/mol. The number of carbonyl (C=O) groups excluding carboxylic acids is 2. The van der Waals surface area contributed by atoms with Crippen molar-refractivity contribution in [3.05, 3.63) is 66.2 Å². The van der Waals surface area contributed by atoms with Crippen LogP contribution in [0.25, 0.3) is 0 Å². The number of amides is 1. The molecule has 5 nitrogen and oxygen atoms in total. The van der Waals surface area contributed by atoms with E-state index in [9.17, 15) is 14.7 Å². The fraction of sp³-hybridized carbons (Fsp3) is 0.333. The van der Waals surface area contributed by atoms with Crippen LogP contribution in [0.2, 0.25) is 4.82 Å². The van der Waals surface area contributed by atoms with Gasteiger partial charge in [0.25, 0.3) is 0 Å². The minimum atomic E-state index is -0.682. The van der Waals surface area contributed by atoms with Gasteiger partial charge in [-0.15, -0.1) is 0 Å². The van der Waals surface area contributed by atoms with E-state index in [1.807, 2.05) is 24.3 Å². The van der Waals surface area contributed by atoms with Gasteiger partial charge in [0.15, 0.2) is 0 Å². The molecule has 0 unspecified atom stereocenters. The van der Waals surface area contributed by atoms with Gasteiger partial charge in [0.1, 0.15) is 0 Å². The normalized spacial score (nSPS) is 27.3. The predicted molar refractivity (Wildman–Crippen MR) is 102 cm³/mol. The number of ether oxygens (including phenoxy) is 1. The molecule has 2 aliphatic rings. The molecule has 2 heterocycles. The Kier molecular flexibility index (Phi) is 5.30. The molecule has 140 valence electrons. The van der Waals surface area contributed by atoms with Crippen LogP contribution in [0.1, 0.15) is 23.2 Å². The maximum absolute atomic E-state index is 12.4. The van der Waals surface area contributed by atoms with Crippen LogP contribution >= 0.6 is 0 Å². The Morgan fingerprint density at radius 2 is 1.74 bits per heavy atom. The summed E-state index contributed by atoms with van der Waals surface area (Å²) < 4.78 is 6.88. The molecule has 2 aliphatic heterocycles. The van der Waals surface area contributed by atoms with Crippen LogP contribution in [0.3, 0.4) is 0 Å². The molecule has 6 heteroatoms. The van der Waals surface area contributed by atoms with Gasteiger partial charge in [-0.2, -0.15) is 0 Å². The summed E-state index contributed by atoms with van der Waals surface area (Å²) in [7, 11) is 0. The Balaban J connectivity index is 1.49. The number of esters is 1. The molecule has 2 saturated heterocycles. The molecular weight excluding hydrogens is 409 g/mol. The molecule has 27 heavy (non-hydrogen) atoms. The molecule has 2 fully saturated rings. The van der Waals surface area contributed by atoms with Gasteiger partial charge in [0.05, 0.1) is 0 Å². The Hall–Kier alpha value is -2.14. The Labute approximate surface area is 164 Å². The Morgan fingerprint density at radius 3 is 2.44 bits per heavy atom. The van der Waals surface area contributed by atoms with Crippen LogP contribution in [-0.2, 0) is 9.53 Å². The SMILES string of the molecule is O=C(O[C@@H]1CC(=O)N2CC[C@H]([Se]c3ccccc3)[C@@H](O)[C@@H]12)c1ccccc1. The van der Waals surface area contributed by atoms with Crippen LogP contribution < -0.4 is 4.46 Å². The van der Waals surface area contributed by atoms with Crippen molar-refractivity contribution in [2.24, 2.45) is 0 Å². The molecule has 4 atom stereocenters. The summed E-state index contributed by atoms with van der Waals surface area (Å²) in [5.74, 6) is -0.492. The molecule has 0 radical (unpaired) electrons. The number of nitrogens with zero attached hydrogens (tertiary/aromatic N) is 1. The van der Waals surface area contributed by atoms with Gasteiger partial charge in [-0.25, -0.2) is 0 Å². The number of hydrogen-bond acceptors (Lipinski definition) is 4. The van der Waals surface area contributed by atoms with Crippen molar-refractivity contribution in [3.63, 3.8) is 0 Å². The topological polar surface area (TPSA) is 66.8 Å². The molecule has 2 aromatic rings. The van der Waals surface area contributed by atoms with Crippen molar-refractivity contribution in [2.45, 2.75) is 35.9 Å². The summed E-state index contributed by atoms with van der Waals surface area (Å²) in [5.41, 5.74) is 0.457. The van der Waals surface area contributed by atoms with E-state index >= 15 is 0 Å². The van der Waals surface area contributed by atoms with Crippen LogP contribution in [0.4, 0.5) is 0 Å². The minimum absolute atomic E-state index is 0.0458. The number of fused-ring (bicyclic) bond motifs is 1. The summed E-state index contributed by atoms with van der Waals surface area (Å²) in [6.07, 6.45) is -0.364. The fourth-order valence-corrected chi connectivity index (χ4v) is 6.30. The van der Waals surface area contributed by atoms with Gasteiger partial charge >= 0.3 is 164 Å². The summed E-state index contributed by atoms with van der Waals surface area (Å²) in [6.45, 7) is 0.610. The van der Waals surface area contributed by atoms with Crippen LogP contribution in [0, 0.1) is 0 Å². The van der Waals surface area contributed by atoms with Gasteiger partial charge in [-0.3, -0.25) is 0 Å². The predicted octanol–water partition coefficient (Wildman–Crippen LogP) is 1.40. The second-order valence-corrected chi connectivity index (χ2v) is 9.59. The van der Waals surface area contributed by atoms with Crippen molar-refractivity contribution in [1.29, 1.82) is 0 Å². The third kappa shape index (κ3) is 3.79. The average molecular weight is 430 g/mol. The van der Waals surface area contributed by atoms with Gasteiger partial charge in [0, 0.05) is 0 Å². The number of carbonyl (C=O) groups is 2. The number of benzene rings is 2. The number of aliphatic hydroxyl groups excluding tert-OH is 1. The van der Waals surface area contributed by atoms with Gasteiger partial charge < -0.3 is 0 Å². The second kappa shape index (κ2) is 7.85. The fourth-order valence-electron chi connectivity index (χ4n) is 3.81. The Morgan fingerprint density at radius 1 is 1.07 bits per heavy atom. The maximum atomic E-state index is 12.4. The van der Waals surface area contributed by atoms with Gasteiger partial charge in [-0.05, 0) is 0 Å². The van der Waals surface area contributed by atoms with E-state index in [1.165, 1.54) is 4.46 Å². The third-order valence-electron chi connectivity index (χ3n) is 5.12. The molecule has 4 rings (SSSR count). The Bertz CT molecular complexity index is 813. The summed E-state index contributed by atoms with van der Waals surface area (Å²) in [5, 5.41) is 11.0. The van der Waals surface area contributed by atoms with E-state index < -0.39 is 24.2 Å². The quantitative estimate of drug-likeness (QED) is 0.588. The molecule has 0 bridgehead atoms. The first-order valence-electron chi connectivity index (χ1n) is 9.09. The van der Waals surface area contributed by atoms with E-state index in [2.05, 4.69) is 12.1 Å². The van der Waals surface area contributed by atoms with E-state index in [-0.39, 0.29) is 32.1 Å². The van der Waals surface area contributed by atoms with E-state index in [4.69, 9.17) is 4.74 Å². The van der Waals surface area contributed by atoms with Crippen LogP contribution in [0.15, 0.2) is 60.7 Å². The summed E-state index contributed by atoms with van der Waals surface area (Å²) >= 11 is 0.104. The van der Waals surface area contributed by atoms with Gasteiger partial charge in [0.2, 0.25) is 0 Å². The molecule has 1 N–H and O–H groups in total. The molecule has 0 aromatic heterocycles. The zero-order valence-electron chi connectivity index (χ0n) is 14.7. The molecule has 0 spiro atoms. The van der Waals surface area contributed by atoms with E-state index in [0.29, 0.717) is 12.1 Å². The van der Waals surface area contributed by atoms with Crippen molar-refractivity contribution in [3.8, 4) is 0 Å².